The monoisotopic (exact) mass is 280 g/mol. The molecule has 1 aliphatic rings. The van der Waals surface area contributed by atoms with Crippen molar-refractivity contribution in [2.45, 2.75) is 31.1 Å². The summed E-state index contributed by atoms with van der Waals surface area (Å²) in [4.78, 5) is 16.0. The molecule has 3 nitrogen and oxygen atoms in total. The number of nitrogens with zero attached hydrogens (tertiary/aromatic N) is 1. The van der Waals surface area contributed by atoms with Gasteiger partial charge in [-0.3, -0.25) is 9.78 Å². The van der Waals surface area contributed by atoms with E-state index in [0.717, 1.165) is 18.5 Å². The number of aryl methyl sites for hydroxylation is 1. The predicted octanol–water partition coefficient (Wildman–Crippen LogP) is 2.86. The number of benzene rings is 1. The Kier molecular flexibility index (Phi) is 4.00. The average Bonchev–Trinajstić information content (AvgIpc) is 3.34. The highest BCUT2D eigenvalue weighted by Crippen LogP contribution is 2.47. The Morgan fingerprint density at radius 2 is 1.81 bits per heavy atom. The van der Waals surface area contributed by atoms with Crippen LogP contribution in [0.15, 0.2) is 54.9 Å². The summed E-state index contributed by atoms with van der Waals surface area (Å²) in [6.07, 6.45) is 7.18. The van der Waals surface area contributed by atoms with Gasteiger partial charge in [-0.1, -0.05) is 30.3 Å². The Morgan fingerprint density at radius 3 is 2.48 bits per heavy atom. The Labute approximate surface area is 125 Å². The van der Waals surface area contributed by atoms with Gasteiger partial charge in [0.05, 0.1) is 0 Å². The minimum Gasteiger partial charge on any atom is -0.355 e. The van der Waals surface area contributed by atoms with E-state index < -0.39 is 0 Å². The van der Waals surface area contributed by atoms with Crippen LogP contribution in [0.1, 0.15) is 30.4 Å². The highest BCUT2D eigenvalue weighted by molar-refractivity contribution is 5.76. The topological polar surface area (TPSA) is 42.0 Å². The van der Waals surface area contributed by atoms with E-state index in [1.807, 2.05) is 18.2 Å². The summed E-state index contributed by atoms with van der Waals surface area (Å²) >= 11 is 0. The molecule has 0 saturated heterocycles. The van der Waals surface area contributed by atoms with Crippen LogP contribution >= 0.6 is 0 Å². The third kappa shape index (κ3) is 3.48. The molecule has 0 atom stereocenters. The highest BCUT2D eigenvalue weighted by atomic mass is 16.1. The predicted molar refractivity (Wildman–Crippen MR) is 82.9 cm³/mol. The van der Waals surface area contributed by atoms with E-state index in [1.54, 1.807) is 12.4 Å². The molecule has 1 N–H and O–H groups in total. The van der Waals surface area contributed by atoms with Crippen LogP contribution in [-0.2, 0) is 16.6 Å². The van der Waals surface area contributed by atoms with Gasteiger partial charge in [0.2, 0.25) is 5.91 Å². The number of pyridine rings is 1. The van der Waals surface area contributed by atoms with Gasteiger partial charge in [0.25, 0.3) is 0 Å². The third-order valence-corrected chi connectivity index (χ3v) is 4.25. The first kappa shape index (κ1) is 13.8. The second kappa shape index (κ2) is 6.08. The fourth-order valence-corrected chi connectivity index (χ4v) is 2.67. The first-order valence-corrected chi connectivity index (χ1v) is 7.50. The maximum atomic E-state index is 12.0. The number of hydrogen-bond donors (Lipinski definition) is 1. The van der Waals surface area contributed by atoms with Gasteiger partial charge in [-0.25, -0.2) is 0 Å². The van der Waals surface area contributed by atoms with Crippen LogP contribution in [0.5, 0.6) is 0 Å². The summed E-state index contributed by atoms with van der Waals surface area (Å²) in [6.45, 7) is 0.756. The van der Waals surface area contributed by atoms with Crippen molar-refractivity contribution in [3.8, 4) is 0 Å². The smallest absolute Gasteiger partial charge is 0.220 e. The largest absolute Gasteiger partial charge is 0.355 e. The molecule has 0 bridgehead atoms. The maximum absolute atomic E-state index is 12.0. The summed E-state index contributed by atoms with van der Waals surface area (Å²) < 4.78 is 0. The molecular formula is C18H20N2O. The minimum absolute atomic E-state index is 0.133. The van der Waals surface area contributed by atoms with Crippen molar-refractivity contribution in [3.63, 3.8) is 0 Å². The van der Waals surface area contributed by atoms with Crippen molar-refractivity contribution in [1.82, 2.24) is 10.3 Å². The molecule has 1 aromatic carbocycles. The van der Waals surface area contributed by atoms with Crippen LogP contribution < -0.4 is 5.32 Å². The zero-order chi connectivity index (χ0) is 14.5. The van der Waals surface area contributed by atoms with E-state index in [9.17, 15) is 4.79 Å². The van der Waals surface area contributed by atoms with Gasteiger partial charge in [-0.15, -0.1) is 0 Å². The van der Waals surface area contributed by atoms with E-state index in [1.165, 1.54) is 18.4 Å². The second-order valence-corrected chi connectivity index (χ2v) is 5.78. The average molecular weight is 280 g/mol. The van der Waals surface area contributed by atoms with E-state index >= 15 is 0 Å². The second-order valence-electron chi connectivity index (χ2n) is 5.78. The van der Waals surface area contributed by atoms with Gasteiger partial charge in [-0.2, -0.15) is 0 Å². The first-order valence-electron chi connectivity index (χ1n) is 7.50. The lowest BCUT2D eigenvalue weighted by Crippen LogP contribution is -2.32. The van der Waals surface area contributed by atoms with E-state index in [0.29, 0.717) is 6.42 Å². The molecule has 3 rings (SSSR count). The third-order valence-electron chi connectivity index (χ3n) is 4.25. The fourth-order valence-electron chi connectivity index (χ4n) is 2.67. The maximum Gasteiger partial charge on any atom is 0.220 e. The molecule has 0 spiro atoms. The van der Waals surface area contributed by atoms with E-state index in [2.05, 4.69) is 34.6 Å². The number of carbonyl (C=O) groups is 1. The van der Waals surface area contributed by atoms with Gasteiger partial charge < -0.3 is 5.32 Å². The molecule has 1 heterocycles. The number of carbonyl (C=O) groups excluding carboxylic acids is 1. The molecule has 0 unspecified atom stereocenters. The van der Waals surface area contributed by atoms with Crippen LogP contribution in [0.25, 0.3) is 0 Å². The zero-order valence-electron chi connectivity index (χ0n) is 12.1. The molecule has 1 fully saturated rings. The van der Waals surface area contributed by atoms with Gasteiger partial charge in [-0.05, 0) is 42.5 Å². The summed E-state index contributed by atoms with van der Waals surface area (Å²) in [5.41, 5.74) is 2.69. The van der Waals surface area contributed by atoms with Crippen molar-refractivity contribution in [3.05, 3.63) is 66.0 Å². The number of rotatable bonds is 6. The summed E-state index contributed by atoms with van der Waals surface area (Å²) in [7, 11) is 0. The molecule has 21 heavy (non-hydrogen) atoms. The molecular weight excluding hydrogens is 260 g/mol. The summed E-state index contributed by atoms with van der Waals surface area (Å²) in [5, 5.41) is 3.10. The van der Waals surface area contributed by atoms with Crippen LogP contribution in [0.4, 0.5) is 0 Å². The molecule has 1 aromatic heterocycles. The molecule has 1 amide bonds. The van der Waals surface area contributed by atoms with Crippen LogP contribution in [0.2, 0.25) is 0 Å². The van der Waals surface area contributed by atoms with Crippen LogP contribution in [-0.4, -0.2) is 17.4 Å². The normalized spacial score (nSPS) is 15.4. The molecule has 2 aromatic rings. The lowest BCUT2D eigenvalue weighted by Gasteiger charge is -2.16. The molecule has 1 saturated carbocycles. The first-order chi connectivity index (χ1) is 10.3. The van der Waals surface area contributed by atoms with Gasteiger partial charge in [0.1, 0.15) is 0 Å². The van der Waals surface area contributed by atoms with Crippen molar-refractivity contribution >= 4 is 5.91 Å². The molecule has 0 aliphatic heterocycles. The Bertz CT molecular complexity index is 591. The zero-order valence-corrected chi connectivity index (χ0v) is 12.1. The van der Waals surface area contributed by atoms with Crippen LogP contribution in [0.3, 0.4) is 0 Å². The van der Waals surface area contributed by atoms with Crippen molar-refractivity contribution in [2.75, 3.05) is 6.54 Å². The number of aromatic nitrogens is 1. The Morgan fingerprint density at radius 1 is 1.10 bits per heavy atom. The SMILES string of the molecule is O=C(CCc1ccncc1)NCC1(c2ccccc2)CC1. The number of nitrogens with one attached hydrogen (secondary N) is 1. The lowest BCUT2D eigenvalue weighted by molar-refractivity contribution is -0.121. The standard InChI is InChI=1S/C18H20N2O/c21-17(7-6-15-8-12-19-13-9-15)20-14-18(10-11-18)16-4-2-1-3-5-16/h1-5,8-9,12-13H,6-7,10-11,14H2,(H,20,21). The lowest BCUT2D eigenvalue weighted by atomic mass is 9.96. The molecule has 1 aliphatic carbocycles. The Balaban J connectivity index is 1.48. The quantitative estimate of drug-likeness (QED) is 0.884. The van der Waals surface area contributed by atoms with E-state index in [-0.39, 0.29) is 11.3 Å². The minimum atomic E-state index is 0.133. The van der Waals surface area contributed by atoms with Crippen molar-refractivity contribution in [2.24, 2.45) is 0 Å². The molecule has 3 heteroatoms. The number of hydrogen-bond acceptors (Lipinski definition) is 2. The Hall–Kier alpha value is -2.16. The summed E-state index contributed by atoms with van der Waals surface area (Å²) in [5.74, 6) is 0.133. The van der Waals surface area contributed by atoms with Gasteiger partial charge >= 0.3 is 0 Å². The number of amides is 1. The van der Waals surface area contributed by atoms with Crippen molar-refractivity contribution < 1.29 is 4.79 Å². The highest BCUT2D eigenvalue weighted by Gasteiger charge is 2.44. The van der Waals surface area contributed by atoms with E-state index in [4.69, 9.17) is 0 Å². The summed E-state index contributed by atoms with van der Waals surface area (Å²) in [6, 6.07) is 14.4. The van der Waals surface area contributed by atoms with Crippen molar-refractivity contribution in [1.29, 1.82) is 0 Å². The van der Waals surface area contributed by atoms with Gasteiger partial charge in [0.15, 0.2) is 0 Å². The molecule has 108 valence electrons. The van der Waals surface area contributed by atoms with Gasteiger partial charge in [0, 0.05) is 30.8 Å². The molecule has 0 radical (unpaired) electrons. The van der Waals surface area contributed by atoms with Crippen LogP contribution in [0, 0.1) is 0 Å². The fraction of sp³-hybridized carbons (Fsp3) is 0.333.